The van der Waals surface area contributed by atoms with Crippen molar-refractivity contribution < 1.29 is 15.0 Å². The molecule has 8 nitrogen and oxygen atoms in total. The van der Waals surface area contributed by atoms with Gasteiger partial charge in [-0.25, -0.2) is 0 Å². The van der Waals surface area contributed by atoms with Crippen LogP contribution in [0.1, 0.15) is 18.5 Å². The van der Waals surface area contributed by atoms with Gasteiger partial charge in [0.1, 0.15) is 11.2 Å². The van der Waals surface area contributed by atoms with Gasteiger partial charge in [-0.2, -0.15) is 15.3 Å². The van der Waals surface area contributed by atoms with Gasteiger partial charge in [0, 0.05) is 31.9 Å². The van der Waals surface area contributed by atoms with Gasteiger partial charge in [0.15, 0.2) is 0 Å². The van der Waals surface area contributed by atoms with Crippen molar-refractivity contribution in [2.75, 3.05) is 18.0 Å². The number of aliphatic carboxylic acids is 1. The first kappa shape index (κ1) is 18.0. The summed E-state index contributed by atoms with van der Waals surface area (Å²) in [7, 11) is 1.79. The number of anilines is 1. The van der Waals surface area contributed by atoms with Crippen LogP contribution < -0.4 is 4.90 Å². The second-order valence-electron chi connectivity index (χ2n) is 7.07. The topological polar surface area (TPSA) is 104 Å². The minimum absolute atomic E-state index is 0.146. The molecule has 0 unspecified atom stereocenters. The molecular formula is C20H21N5O3. The maximum absolute atomic E-state index is 12.1. The molecule has 0 spiro atoms. The molecule has 1 aliphatic rings. The molecule has 0 aliphatic carbocycles. The average molecular weight is 379 g/mol. The Morgan fingerprint density at radius 3 is 2.57 bits per heavy atom. The fourth-order valence-corrected chi connectivity index (χ4v) is 3.75. The van der Waals surface area contributed by atoms with Crippen LogP contribution in [-0.4, -0.2) is 49.2 Å². The molecule has 3 aromatic rings. The van der Waals surface area contributed by atoms with Gasteiger partial charge in [0.25, 0.3) is 0 Å². The number of aryl methyl sites for hydroxylation is 1. The van der Waals surface area contributed by atoms with Crippen molar-refractivity contribution in [3.05, 3.63) is 54.5 Å². The zero-order valence-electron chi connectivity index (χ0n) is 15.5. The Hall–Kier alpha value is -3.42. The molecule has 3 heterocycles. The fraction of sp³-hybridized carbons (Fsp3) is 0.300. The van der Waals surface area contributed by atoms with E-state index in [1.54, 1.807) is 48.4 Å². The summed E-state index contributed by atoms with van der Waals surface area (Å²) >= 11 is 0. The largest absolute Gasteiger partial charge is 0.507 e. The Kier molecular flexibility index (Phi) is 4.46. The number of benzene rings is 1. The summed E-state index contributed by atoms with van der Waals surface area (Å²) in [6.45, 7) is 1.13. The fourth-order valence-electron chi connectivity index (χ4n) is 3.75. The van der Waals surface area contributed by atoms with Crippen LogP contribution in [0, 0.1) is 0 Å². The molecule has 144 valence electrons. The van der Waals surface area contributed by atoms with Crippen LogP contribution in [0.3, 0.4) is 0 Å². The Labute approximate surface area is 162 Å². The highest BCUT2D eigenvalue weighted by molar-refractivity contribution is 5.81. The summed E-state index contributed by atoms with van der Waals surface area (Å²) in [4.78, 5) is 14.2. The van der Waals surface area contributed by atoms with E-state index in [0.717, 1.165) is 5.69 Å². The van der Waals surface area contributed by atoms with Crippen LogP contribution in [0.4, 0.5) is 5.69 Å². The lowest BCUT2D eigenvalue weighted by molar-refractivity contribution is -0.145. The Morgan fingerprint density at radius 1 is 1.18 bits per heavy atom. The van der Waals surface area contributed by atoms with Crippen LogP contribution in [0.15, 0.2) is 48.8 Å². The van der Waals surface area contributed by atoms with Crippen molar-refractivity contribution >= 4 is 11.7 Å². The molecular weight excluding hydrogens is 358 g/mol. The van der Waals surface area contributed by atoms with Gasteiger partial charge < -0.3 is 15.1 Å². The molecule has 0 saturated carbocycles. The number of carboxylic acid groups (broad SMARTS) is 1. The number of para-hydroxylation sites is 1. The normalized spacial score (nSPS) is 16.1. The third kappa shape index (κ3) is 3.06. The van der Waals surface area contributed by atoms with Gasteiger partial charge >= 0.3 is 5.97 Å². The molecule has 4 rings (SSSR count). The van der Waals surface area contributed by atoms with E-state index >= 15 is 0 Å². The van der Waals surface area contributed by atoms with Crippen molar-refractivity contribution in [3.8, 4) is 17.0 Å². The smallest absolute Gasteiger partial charge is 0.315 e. The number of carbonyl (C=O) groups is 1. The first-order valence-corrected chi connectivity index (χ1v) is 9.09. The summed E-state index contributed by atoms with van der Waals surface area (Å²) in [6.07, 6.45) is 4.34. The van der Waals surface area contributed by atoms with E-state index in [0.29, 0.717) is 42.9 Å². The number of phenolic OH excluding ortho intramolecular Hbond substituents is 1. The summed E-state index contributed by atoms with van der Waals surface area (Å²) < 4.78 is 1.64. The van der Waals surface area contributed by atoms with E-state index in [1.807, 2.05) is 12.1 Å². The van der Waals surface area contributed by atoms with Crippen molar-refractivity contribution in [2.24, 2.45) is 7.05 Å². The molecule has 1 saturated heterocycles. The number of phenols is 1. The standard InChI is InChI=1S/C20H21N5O3/c1-24-9-6-18(23-24)20(19(27)28)7-10-25(11-8-20)14-12-16(22-21-13-14)15-4-2-3-5-17(15)26/h2-6,9,12-13,26H,7-8,10-11H2,1H3,(H,27,28). The minimum atomic E-state index is -0.973. The molecule has 0 atom stereocenters. The molecule has 1 aromatic carbocycles. The number of hydrogen-bond donors (Lipinski definition) is 2. The molecule has 2 N–H and O–H groups in total. The summed E-state index contributed by atoms with van der Waals surface area (Å²) in [5.41, 5.74) is 1.68. The maximum Gasteiger partial charge on any atom is 0.315 e. The first-order valence-electron chi connectivity index (χ1n) is 9.09. The number of carboxylic acids is 1. The highest BCUT2D eigenvalue weighted by atomic mass is 16.4. The highest BCUT2D eigenvalue weighted by Gasteiger charge is 2.45. The van der Waals surface area contributed by atoms with Gasteiger partial charge in [-0.3, -0.25) is 9.48 Å². The third-order valence-corrected chi connectivity index (χ3v) is 5.42. The van der Waals surface area contributed by atoms with Crippen molar-refractivity contribution in [1.29, 1.82) is 0 Å². The molecule has 8 heteroatoms. The molecule has 2 aromatic heterocycles. The third-order valence-electron chi connectivity index (χ3n) is 5.42. The van der Waals surface area contributed by atoms with Gasteiger partial charge in [0.2, 0.25) is 0 Å². The van der Waals surface area contributed by atoms with E-state index in [-0.39, 0.29) is 5.75 Å². The molecule has 0 radical (unpaired) electrons. The maximum atomic E-state index is 12.1. The van der Waals surface area contributed by atoms with E-state index in [1.165, 1.54) is 0 Å². The average Bonchev–Trinajstić information content (AvgIpc) is 3.15. The first-order chi connectivity index (χ1) is 13.5. The zero-order chi connectivity index (χ0) is 19.7. The predicted molar refractivity (Wildman–Crippen MR) is 103 cm³/mol. The number of piperidine rings is 1. The van der Waals surface area contributed by atoms with Crippen LogP contribution in [0.25, 0.3) is 11.3 Å². The van der Waals surface area contributed by atoms with E-state index in [4.69, 9.17) is 0 Å². The van der Waals surface area contributed by atoms with Gasteiger partial charge in [-0.05, 0) is 37.1 Å². The number of hydrogen-bond acceptors (Lipinski definition) is 6. The molecule has 28 heavy (non-hydrogen) atoms. The molecule has 1 aliphatic heterocycles. The quantitative estimate of drug-likeness (QED) is 0.716. The Balaban J connectivity index is 1.58. The van der Waals surface area contributed by atoms with E-state index in [9.17, 15) is 15.0 Å². The monoisotopic (exact) mass is 379 g/mol. The SMILES string of the molecule is Cn1ccc(C2(C(=O)O)CCN(c3cnnc(-c4ccccc4O)c3)CC2)n1. The summed E-state index contributed by atoms with van der Waals surface area (Å²) in [6, 6.07) is 10.6. The minimum Gasteiger partial charge on any atom is -0.507 e. The summed E-state index contributed by atoms with van der Waals surface area (Å²) in [5, 5.41) is 32.5. The number of nitrogens with zero attached hydrogens (tertiary/aromatic N) is 5. The zero-order valence-corrected chi connectivity index (χ0v) is 15.5. The van der Waals surface area contributed by atoms with Crippen molar-refractivity contribution in [2.45, 2.75) is 18.3 Å². The Bertz CT molecular complexity index is 1010. The molecule has 0 amide bonds. The molecule has 0 bridgehead atoms. The van der Waals surface area contributed by atoms with Crippen LogP contribution >= 0.6 is 0 Å². The predicted octanol–water partition coefficient (Wildman–Crippen LogP) is 2.21. The van der Waals surface area contributed by atoms with E-state index < -0.39 is 11.4 Å². The number of aromatic hydroxyl groups is 1. The lowest BCUT2D eigenvalue weighted by atomic mass is 9.75. The Morgan fingerprint density at radius 2 is 1.93 bits per heavy atom. The number of rotatable bonds is 4. The van der Waals surface area contributed by atoms with Crippen molar-refractivity contribution in [3.63, 3.8) is 0 Å². The molecule has 1 fully saturated rings. The van der Waals surface area contributed by atoms with Gasteiger partial charge in [-0.1, -0.05) is 12.1 Å². The highest BCUT2D eigenvalue weighted by Crippen LogP contribution is 2.37. The van der Waals surface area contributed by atoms with Gasteiger partial charge in [-0.15, -0.1) is 0 Å². The lowest BCUT2D eigenvalue weighted by Crippen LogP contribution is -2.47. The lowest BCUT2D eigenvalue weighted by Gasteiger charge is -2.38. The van der Waals surface area contributed by atoms with Crippen LogP contribution in [0.5, 0.6) is 5.75 Å². The summed E-state index contributed by atoms with van der Waals surface area (Å²) in [5.74, 6) is -0.693. The second kappa shape index (κ2) is 6.95. The second-order valence-corrected chi connectivity index (χ2v) is 7.07. The van der Waals surface area contributed by atoms with Crippen LogP contribution in [-0.2, 0) is 17.3 Å². The van der Waals surface area contributed by atoms with Gasteiger partial charge in [0.05, 0.1) is 23.3 Å². The van der Waals surface area contributed by atoms with Crippen LogP contribution in [0.2, 0.25) is 0 Å². The number of aromatic nitrogens is 4. The van der Waals surface area contributed by atoms with E-state index in [2.05, 4.69) is 20.2 Å². The van der Waals surface area contributed by atoms with Crippen molar-refractivity contribution in [1.82, 2.24) is 20.0 Å².